The predicted octanol–water partition coefficient (Wildman–Crippen LogP) is 5.93. The van der Waals surface area contributed by atoms with Crippen LogP contribution in [0.3, 0.4) is 0 Å². The lowest BCUT2D eigenvalue weighted by Crippen LogP contribution is -2.31. The maximum Gasteiger partial charge on any atom is 0.266 e. The molecule has 1 aromatic heterocycles. The lowest BCUT2D eigenvalue weighted by atomic mass is 9.98. The summed E-state index contributed by atoms with van der Waals surface area (Å²) >= 11 is 20.1. The van der Waals surface area contributed by atoms with E-state index in [1.54, 1.807) is 19.1 Å². The number of carbonyl (C=O) groups is 1. The summed E-state index contributed by atoms with van der Waals surface area (Å²) in [4.78, 5) is 18.8. The zero-order chi connectivity index (χ0) is 23.7. The monoisotopic (exact) mass is 545 g/mol. The average Bonchev–Trinajstić information content (AvgIpc) is 3.39. The fourth-order valence-corrected chi connectivity index (χ4v) is 6.86. The Labute approximate surface area is 208 Å². The summed E-state index contributed by atoms with van der Waals surface area (Å²) in [6.45, 7) is 1.73. The van der Waals surface area contributed by atoms with Crippen LogP contribution in [0.15, 0.2) is 35.4 Å². The summed E-state index contributed by atoms with van der Waals surface area (Å²) in [6.07, 6.45) is 2.80. The van der Waals surface area contributed by atoms with Gasteiger partial charge in [0.15, 0.2) is 5.13 Å². The summed E-state index contributed by atoms with van der Waals surface area (Å²) in [7, 11) is -4.25. The number of fused-ring (bicyclic) bond motifs is 2. The molecule has 1 spiro atoms. The molecular formula is C21H15Cl3FN3O3S2. The van der Waals surface area contributed by atoms with Gasteiger partial charge >= 0.3 is 0 Å². The van der Waals surface area contributed by atoms with Crippen LogP contribution in [-0.4, -0.2) is 19.3 Å². The van der Waals surface area contributed by atoms with Crippen molar-refractivity contribution in [2.24, 2.45) is 0 Å². The number of nitrogens with zero attached hydrogens (tertiary/aromatic N) is 2. The number of hydrogen-bond donors (Lipinski definition) is 1. The first-order valence-corrected chi connectivity index (χ1v) is 13.2. The molecule has 1 saturated carbocycles. The maximum atomic E-state index is 14.9. The molecule has 2 heterocycles. The lowest BCUT2D eigenvalue weighted by Gasteiger charge is -2.20. The Hall–Kier alpha value is -1.91. The molecule has 1 fully saturated rings. The van der Waals surface area contributed by atoms with E-state index in [4.69, 9.17) is 34.8 Å². The molecule has 0 bridgehead atoms. The summed E-state index contributed by atoms with van der Waals surface area (Å²) in [6, 6.07) is 5.39. The highest BCUT2D eigenvalue weighted by Crippen LogP contribution is 2.60. The second-order valence-corrected chi connectivity index (χ2v) is 12.1. The zero-order valence-electron chi connectivity index (χ0n) is 17.0. The van der Waals surface area contributed by atoms with Gasteiger partial charge in [0.2, 0.25) is 5.91 Å². The Morgan fingerprint density at radius 1 is 1.21 bits per heavy atom. The first-order valence-electron chi connectivity index (χ1n) is 9.77. The SMILES string of the molecule is Cc1cnc(NS(=O)(=O)c2cc(Cl)c(CN3C(=O)C4(CC4)c4c3ccc(Cl)c4Cl)cc2F)s1. The van der Waals surface area contributed by atoms with Crippen LogP contribution in [0.5, 0.6) is 0 Å². The van der Waals surface area contributed by atoms with Gasteiger partial charge in [0, 0.05) is 27.3 Å². The Morgan fingerprint density at radius 3 is 2.58 bits per heavy atom. The molecule has 2 aromatic carbocycles. The largest absolute Gasteiger partial charge is 0.307 e. The van der Waals surface area contributed by atoms with E-state index in [1.165, 1.54) is 11.1 Å². The number of thiazole rings is 1. The second kappa shape index (κ2) is 7.81. The van der Waals surface area contributed by atoms with E-state index in [1.807, 2.05) is 0 Å². The standard InChI is InChI=1S/C21H15Cl3FN3O3S2/c1-10-8-26-20(32-10)27-33(30,31)16-7-13(23)11(6-14(16)25)9-28-15-3-2-12(22)18(24)17(15)21(4-5-21)19(28)29/h2-3,6-8H,4-5,9H2,1H3,(H,26,27). The number of carbonyl (C=O) groups excluding carboxylic acids is 1. The maximum absolute atomic E-state index is 14.9. The molecule has 0 radical (unpaired) electrons. The molecule has 12 heteroatoms. The fourth-order valence-electron chi connectivity index (χ4n) is 4.08. The molecule has 172 valence electrons. The van der Waals surface area contributed by atoms with Crippen LogP contribution >= 0.6 is 46.1 Å². The van der Waals surface area contributed by atoms with Crippen molar-refractivity contribution in [3.05, 3.63) is 67.4 Å². The second-order valence-electron chi connectivity index (χ2n) is 7.98. The number of aromatic nitrogens is 1. The van der Waals surface area contributed by atoms with E-state index in [0.717, 1.165) is 28.3 Å². The van der Waals surface area contributed by atoms with Crippen molar-refractivity contribution in [2.75, 3.05) is 9.62 Å². The number of hydrogen-bond acceptors (Lipinski definition) is 5. The van der Waals surface area contributed by atoms with Gasteiger partial charge in [0.25, 0.3) is 10.0 Å². The van der Waals surface area contributed by atoms with Crippen molar-refractivity contribution in [1.29, 1.82) is 0 Å². The molecule has 0 saturated heterocycles. The minimum absolute atomic E-state index is 0.0123. The van der Waals surface area contributed by atoms with Crippen molar-refractivity contribution in [3.63, 3.8) is 0 Å². The van der Waals surface area contributed by atoms with Crippen LogP contribution in [0.25, 0.3) is 0 Å². The molecule has 1 amide bonds. The molecule has 1 aliphatic carbocycles. The summed E-state index contributed by atoms with van der Waals surface area (Å²) in [5.41, 5.74) is 0.837. The number of aryl methyl sites for hydroxylation is 1. The van der Waals surface area contributed by atoms with Gasteiger partial charge in [0.1, 0.15) is 10.7 Å². The number of rotatable bonds is 5. The van der Waals surface area contributed by atoms with E-state index in [9.17, 15) is 17.6 Å². The highest BCUT2D eigenvalue weighted by Gasteiger charge is 2.60. The predicted molar refractivity (Wildman–Crippen MR) is 128 cm³/mol. The number of halogens is 4. The smallest absolute Gasteiger partial charge is 0.266 e. The molecule has 2 aliphatic rings. The quantitative estimate of drug-likeness (QED) is 0.430. The Bertz CT molecular complexity index is 1440. The summed E-state index contributed by atoms with van der Waals surface area (Å²) in [5.74, 6) is -1.15. The third kappa shape index (κ3) is 3.70. The summed E-state index contributed by atoms with van der Waals surface area (Å²) in [5, 5.41) is 0.831. The third-order valence-electron chi connectivity index (χ3n) is 5.81. The fraction of sp³-hybridized carbons (Fsp3) is 0.238. The van der Waals surface area contributed by atoms with E-state index in [0.29, 0.717) is 34.1 Å². The van der Waals surface area contributed by atoms with E-state index in [-0.39, 0.29) is 28.2 Å². The minimum Gasteiger partial charge on any atom is -0.307 e. The van der Waals surface area contributed by atoms with Crippen LogP contribution in [0.4, 0.5) is 15.2 Å². The van der Waals surface area contributed by atoms with Crippen molar-refractivity contribution < 1.29 is 17.6 Å². The Kier molecular flexibility index (Phi) is 5.41. The molecule has 33 heavy (non-hydrogen) atoms. The van der Waals surface area contributed by atoms with Crippen molar-refractivity contribution in [3.8, 4) is 0 Å². The third-order valence-corrected chi connectivity index (χ3v) is 9.28. The highest BCUT2D eigenvalue weighted by atomic mass is 35.5. The molecule has 5 rings (SSSR count). The van der Waals surface area contributed by atoms with Gasteiger partial charge in [-0.15, -0.1) is 11.3 Å². The topological polar surface area (TPSA) is 79.4 Å². The van der Waals surface area contributed by atoms with Crippen LogP contribution in [-0.2, 0) is 26.8 Å². The van der Waals surface area contributed by atoms with Crippen LogP contribution in [0.1, 0.15) is 28.8 Å². The number of amides is 1. The first kappa shape index (κ1) is 22.9. The molecule has 1 N–H and O–H groups in total. The van der Waals surface area contributed by atoms with Crippen LogP contribution < -0.4 is 9.62 Å². The Morgan fingerprint density at radius 2 is 1.94 bits per heavy atom. The van der Waals surface area contributed by atoms with Crippen LogP contribution in [0, 0.1) is 12.7 Å². The minimum atomic E-state index is -4.25. The number of benzene rings is 2. The number of anilines is 2. The molecule has 0 unspecified atom stereocenters. The van der Waals surface area contributed by atoms with Gasteiger partial charge in [-0.1, -0.05) is 34.8 Å². The first-order chi connectivity index (χ1) is 15.5. The molecule has 0 atom stereocenters. The number of sulfonamides is 1. The van der Waals surface area contributed by atoms with Gasteiger partial charge in [-0.2, -0.15) is 0 Å². The number of nitrogens with one attached hydrogen (secondary N) is 1. The summed E-state index contributed by atoms with van der Waals surface area (Å²) < 4.78 is 42.6. The average molecular weight is 547 g/mol. The normalized spacial score (nSPS) is 16.4. The molecule has 3 aromatic rings. The lowest BCUT2D eigenvalue weighted by molar-refractivity contribution is -0.120. The van der Waals surface area contributed by atoms with E-state index in [2.05, 4.69) is 9.71 Å². The van der Waals surface area contributed by atoms with Gasteiger partial charge in [-0.05, 0) is 49.6 Å². The van der Waals surface area contributed by atoms with E-state index < -0.39 is 26.2 Å². The highest BCUT2D eigenvalue weighted by molar-refractivity contribution is 7.93. The van der Waals surface area contributed by atoms with Gasteiger partial charge in [0.05, 0.1) is 22.0 Å². The Balaban J connectivity index is 1.48. The van der Waals surface area contributed by atoms with Crippen molar-refractivity contribution in [2.45, 2.75) is 36.6 Å². The zero-order valence-corrected chi connectivity index (χ0v) is 20.9. The van der Waals surface area contributed by atoms with Crippen molar-refractivity contribution in [1.82, 2.24) is 4.98 Å². The van der Waals surface area contributed by atoms with E-state index >= 15 is 0 Å². The molecule has 6 nitrogen and oxygen atoms in total. The van der Waals surface area contributed by atoms with Crippen molar-refractivity contribution >= 4 is 72.9 Å². The van der Waals surface area contributed by atoms with Gasteiger partial charge < -0.3 is 4.90 Å². The van der Waals surface area contributed by atoms with Crippen LogP contribution in [0.2, 0.25) is 15.1 Å². The molecular weight excluding hydrogens is 532 g/mol. The van der Waals surface area contributed by atoms with Gasteiger partial charge in [-0.3, -0.25) is 9.52 Å². The molecule has 1 aliphatic heterocycles. The van der Waals surface area contributed by atoms with Gasteiger partial charge in [-0.25, -0.2) is 17.8 Å².